The largest absolute Gasteiger partial charge is 0.352 e. The third-order valence-corrected chi connectivity index (χ3v) is 3.85. The summed E-state index contributed by atoms with van der Waals surface area (Å²) in [6, 6.07) is 5.79. The Morgan fingerprint density at radius 3 is 2.83 bits per heavy atom. The van der Waals surface area contributed by atoms with Crippen LogP contribution in [0.1, 0.15) is 28.0 Å². The van der Waals surface area contributed by atoms with E-state index in [9.17, 15) is 14.4 Å². The van der Waals surface area contributed by atoms with Crippen molar-refractivity contribution in [2.45, 2.75) is 25.9 Å². The van der Waals surface area contributed by atoms with Gasteiger partial charge in [0.05, 0.1) is 23.9 Å². The number of rotatable bonds is 4. The molecule has 3 rings (SSSR count). The molecule has 8 heteroatoms. The zero-order valence-corrected chi connectivity index (χ0v) is 13.1. The first-order valence-corrected chi connectivity index (χ1v) is 7.51. The Bertz CT molecular complexity index is 799. The first kappa shape index (κ1) is 15.7. The monoisotopic (exact) mass is 327 g/mol. The van der Waals surface area contributed by atoms with Crippen LogP contribution in [0, 0.1) is 6.92 Å². The van der Waals surface area contributed by atoms with E-state index in [2.05, 4.69) is 26.1 Å². The summed E-state index contributed by atoms with van der Waals surface area (Å²) in [7, 11) is 0. The molecule has 0 radical (unpaired) electrons. The number of amides is 3. The van der Waals surface area contributed by atoms with Crippen molar-refractivity contribution in [2.75, 3.05) is 5.32 Å². The number of H-pyrrole nitrogens is 1. The molecule has 0 saturated carbocycles. The van der Waals surface area contributed by atoms with E-state index in [1.807, 2.05) is 6.92 Å². The average molecular weight is 327 g/mol. The van der Waals surface area contributed by atoms with Crippen molar-refractivity contribution in [2.24, 2.45) is 0 Å². The van der Waals surface area contributed by atoms with E-state index in [4.69, 9.17) is 0 Å². The first-order chi connectivity index (χ1) is 11.5. The van der Waals surface area contributed by atoms with Gasteiger partial charge < -0.3 is 16.0 Å². The SMILES string of the molecule is Cc1[nH]ncc1CNC(=O)CC1NC(=O)c2ccccc2NC1=O. The first-order valence-electron chi connectivity index (χ1n) is 7.51. The fourth-order valence-corrected chi connectivity index (χ4v) is 2.46. The highest BCUT2D eigenvalue weighted by Crippen LogP contribution is 2.18. The number of hydrogen-bond acceptors (Lipinski definition) is 4. The molecule has 1 unspecified atom stereocenters. The lowest BCUT2D eigenvalue weighted by Gasteiger charge is -2.14. The Morgan fingerprint density at radius 2 is 2.08 bits per heavy atom. The molecule has 1 atom stereocenters. The standard InChI is InChI=1S/C16H17N5O3/c1-9-10(8-18-21-9)7-17-14(22)6-13-16(24)19-12-5-3-2-4-11(12)15(23)20-13/h2-5,8,13H,6-7H2,1H3,(H,17,22)(H,18,21)(H,19,24)(H,20,23). The Kier molecular flexibility index (Phi) is 4.28. The number of nitrogens with one attached hydrogen (secondary N) is 4. The second kappa shape index (κ2) is 6.53. The van der Waals surface area contributed by atoms with E-state index in [1.165, 1.54) is 0 Å². The molecule has 2 aromatic rings. The van der Waals surface area contributed by atoms with Crippen molar-refractivity contribution >= 4 is 23.4 Å². The van der Waals surface area contributed by atoms with Crippen LogP contribution in [0.15, 0.2) is 30.5 Å². The number of benzene rings is 1. The average Bonchev–Trinajstić information content (AvgIpc) is 2.92. The van der Waals surface area contributed by atoms with E-state index in [0.717, 1.165) is 11.3 Å². The number of hydrogen-bond donors (Lipinski definition) is 4. The number of aromatic nitrogens is 2. The highest BCUT2D eigenvalue weighted by atomic mass is 16.2. The highest BCUT2D eigenvalue weighted by Gasteiger charge is 2.29. The van der Waals surface area contributed by atoms with Crippen molar-refractivity contribution in [3.63, 3.8) is 0 Å². The van der Waals surface area contributed by atoms with Gasteiger partial charge in [0.2, 0.25) is 11.8 Å². The molecule has 0 fully saturated rings. The van der Waals surface area contributed by atoms with Gasteiger partial charge in [0, 0.05) is 17.8 Å². The molecule has 2 heterocycles. The normalized spacial score (nSPS) is 16.6. The maximum absolute atomic E-state index is 12.2. The van der Waals surface area contributed by atoms with Crippen molar-refractivity contribution in [3.05, 3.63) is 47.3 Å². The van der Waals surface area contributed by atoms with Gasteiger partial charge in [-0.3, -0.25) is 19.5 Å². The molecule has 0 spiro atoms. The van der Waals surface area contributed by atoms with Crippen LogP contribution in [0.2, 0.25) is 0 Å². The van der Waals surface area contributed by atoms with Crippen molar-refractivity contribution in [3.8, 4) is 0 Å². The molecular formula is C16H17N5O3. The zero-order chi connectivity index (χ0) is 17.1. The minimum atomic E-state index is -0.921. The third kappa shape index (κ3) is 3.27. The van der Waals surface area contributed by atoms with Gasteiger partial charge >= 0.3 is 0 Å². The lowest BCUT2D eigenvalue weighted by Crippen LogP contribution is -2.44. The Labute approximate surface area is 138 Å². The van der Waals surface area contributed by atoms with E-state index in [-0.39, 0.29) is 18.2 Å². The van der Waals surface area contributed by atoms with Gasteiger partial charge in [0.15, 0.2) is 0 Å². The molecule has 0 bridgehead atoms. The van der Waals surface area contributed by atoms with E-state index in [0.29, 0.717) is 17.8 Å². The summed E-state index contributed by atoms with van der Waals surface area (Å²) in [6.45, 7) is 2.16. The van der Waals surface area contributed by atoms with Crippen LogP contribution in [0.4, 0.5) is 5.69 Å². The van der Waals surface area contributed by atoms with Crippen molar-refractivity contribution in [1.82, 2.24) is 20.8 Å². The molecule has 0 saturated heterocycles. The fraction of sp³-hybridized carbons (Fsp3) is 0.250. The van der Waals surface area contributed by atoms with Crippen LogP contribution in [0.25, 0.3) is 0 Å². The molecular weight excluding hydrogens is 310 g/mol. The van der Waals surface area contributed by atoms with E-state index in [1.54, 1.807) is 30.5 Å². The second-order valence-corrected chi connectivity index (χ2v) is 5.56. The van der Waals surface area contributed by atoms with Gasteiger partial charge in [-0.2, -0.15) is 5.10 Å². The molecule has 1 aromatic carbocycles. The van der Waals surface area contributed by atoms with Gasteiger partial charge in [0.1, 0.15) is 6.04 Å². The van der Waals surface area contributed by atoms with Crippen molar-refractivity contribution < 1.29 is 14.4 Å². The second-order valence-electron chi connectivity index (χ2n) is 5.56. The van der Waals surface area contributed by atoms with Gasteiger partial charge in [-0.1, -0.05) is 12.1 Å². The number of nitrogens with zero attached hydrogens (tertiary/aromatic N) is 1. The molecule has 4 N–H and O–H groups in total. The van der Waals surface area contributed by atoms with E-state index < -0.39 is 11.9 Å². The molecule has 1 aliphatic rings. The Hall–Kier alpha value is -3.16. The zero-order valence-electron chi connectivity index (χ0n) is 13.1. The molecule has 8 nitrogen and oxygen atoms in total. The van der Waals surface area contributed by atoms with Crippen LogP contribution in [0.5, 0.6) is 0 Å². The van der Waals surface area contributed by atoms with Gasteiger partial charge in [0.25, 0.3) is 5.91 Å². The summed E-state index contributed by atoms with van der Waals surface area (Å²) in [5.74, 6) is -1.13. The van der Waals surface area contributed by atoms with Crippen LogP contribution in [0.3, 0.4) is 0 Å². The van der Waals surface area contributed by atoms with Crippen LogP contribution in [-0.2, 0) is 16.1 Å². The number of carbonyl (C=O) groups excluding carboxylic acids is 3. The summed E-state index contributed by atoms with van der Waals surface area (Å²) in [5.41, 5.74) is 2.55. The van der Waals surface area contributed by atoms with Gasteiger partial charge in [-0.05, 0) is 19.1 Å². The summed E-state index contributed by atoms with van der Waals surface area (Å²) in [4.78, 5) is 36.5. The third-order valence-electron chi connectivity index (χ3n) is 3.85. The molecule has 3 amide bonds. The predicted octanol–water partition coefficient (Wildman–Crippen LogP) is 0.475. The summed E-state index contributed by atoms with van der Waals surface area (Å²) >= 11 is 0. The topological polar surface area (TPSA) is 116 Å². The number of carbonyl (C=O) groups is 3. The number of aryl methyl sites for hydroxylation is 1. The van der Waals surface area contributed by atoms with Crippen LogP contribution < -0.4 is 16.0 Å². The lowest BCUT2D eigenvalue weighted by molar-refractivity contribution is -0.125. The number of anilines is 1. The smallest absolute Gasteiger partial charge is 0.254 e. The molecule has 1 aliphatic heterocycles. The van der Waals surface area contributed by atoms with Gasteiger partial charge in [-0.25, -0.2) is 0 Å². The Balaban J connectivity index is 1.63. The molecule has 0 aliphatic carbocycles. The highest BCUT2D eigenvalue weighted by molar-refractivity contribution is 6.10. The summed E-state index contributed by atoms with van der Waals surface area (Å²) < 4.78 is 0. The minimum absolute atomic E-state index is 0.136. The van der Waals surface area contributed by atoms with Crippen molar-refractivity contribution in [1.29, 1.82) is 0 Å². The van der Waals surface area contributed by atoms with Crippen LogP contribution in [-0.4, -0.2) is 34.0 Å². The maximum atomic E-state index is 12.2. The predicted molar refractivity (Wildman–Crippen MR) is 86.1 cm³/mol. The Morgan fingerprint density at radius 1 is 1.29 bits per heavy atom. The number of para-hydroxylation sites is 1. The number of aromatic amines is 1. The van der Waals surface area contributed by atoms with E-state index >= 15 is 0 Å². The quantitative estimate of drug-likeness (QED) is 0.653. The molecule has 124 valence electrons. The summed E-state index contributed by atoms with van der Waals surface area (Å²) in [6.07, 6.45) is 1.49. The lowest BCUT2D eigenvalue weighted by atomic mass is 10.1. The molecule has 1 aromatic heterocycles. The minimum Gasteiger partial charge on any atom is -0.352 e. The van der Waals surface area contributed by atoms with Gasteiger partial charge in [-0.15, -0.1) is 0 Å². The molecule has 24 heavy (non-hydrogen) atoms. The number of fused-ring (bicyclic) bond motifs is 1. The fourth-order valence-electron chi connectivity index (χ4n) is 2.46. The maximum Gasteiger partial charge on any atom is 0.254 e. The van der Waals surface area contributed by atoms with Crippen LogP contribution >= 0.6 is 0 Å². The summed E-state index contributed by atoms with van der Waals surface area (Å²) in [5, 5.41) is 14.6.